The number of aromatic amines is 1. The number of halogens is 2. The van der Waals surface area contributed by atoms with E-state index >= 15 is 0 Å². The highest BCUT2D eigenvalue weighted by molar-refractivity contribution is 7.99. The molecule has 12 heteroatoms. The maximum Gasteiger partial charge on any atom is 0.273 e. The van der Waals surface area contributed by atoms with Crippen molar-refractivity contribution in [1.29, 1.82) is 0 Å². The fraction of sp³-hybridized carbons (Fsp3) is 0.0526. The van der Waals surface area contributed by atoms with Crippen LogP contribution in [0, 0.1) is 0 Å². The molecule has 0 bridgehead atoms. The second-order valence-electron chi connectivity index (χ2n) is 6.11. The van der Waals surface area contributed by atoms with Crippen molar-refractivity contribution in [2.45, 2.75) is 14.1 Å². The van der Waals surface area contributed by atoms with Crippen LogP contribution in [0.3, 0.4) is 0 Å². The van der Waals surface area contributed by atoms with Crippen LogP contribution in [0.4, 0.5) is 0 Å². The zero-order valence-electron chi connectivity index (χ0n) is 15.5. The number of carbonyl (C=O) groups is 1. The lowest BCUT2D eigenvalue weighted by atomic mass is 10.2. The van der Waals surface area contributed by atoms with Gasteiger partial charge in [-0.25, -0.2) is 18.1 Å². The molecule has 0 unspecified atom stereocenters. The molecule has 0 saturated heterocycles. The normalized spacial score (nSPS) is 11.5. The first-order valence-corrected chi connectivity index (χ1v) is 12.5. The van der Waals surface area contributed by atoms with Crippen molar-refractivity contribution in [2.75, 3.05) is 6.61 Å². The van der Waals surface area contributed by atoms with Gasteiger partial charge in [0.15, 0.2) is 6.61 Å². The molecule has 0 fully saturated rings. The van der Waals surface area contributed by atoms with E-state index in [-0.39, 0.29) is 13.6 Å². The van der Waals surface area contributed by atoms with Crippen molar-refractivity contribution in [3.63, 3.8) is 0 Å². The van der Waals surface area contributed by atoms with Gasteiger partial charge in [0, 0.05) is 17.3 Å². The Morgan fingerprint density at radius 2 is 2.06 bits per heavy atom. The number of nitrogens with one attached hydrogen (secondary N) is 2. The van der Waals surface area contributed by atoms with Crippen molar-refractivity contribution in [3.8, 4) is 5.75 Å². The molecule has 0 radical (unpaired) electrons. The SMILES string of the molecule is O=C(COc1cccc2[nH]cc(Sc3ccccn3)c12)NS(=O)(=O)c1cc(Cl)c(Cl)s1. The van der Waals surface area contributed by atoms with Crippen LogP contribution >= 0.6 is 46.3 Å². The number of hydrogen-bond acceptors (Lipinski definition) is 7. The third-order valence-electron chi connectivity index (χ3n) is 3.98. The quantitative estimate of drug-likeness (QED) is 0.361. The van der Waals surface area contributed by atoms with Gasteiger partial charge < -0.3 is 9.72 Å². The van der Waals surface area contributed by atoms with E-state index in [4.69, 9.17) is 27.9 Å². The first-order valence-electron chi connectivity index (χ1n) is 8.66. The van der Waals surface area contributed by atoms with Crippen molar-refractivity contribution >= 4 is 73.1 Å². The lowest BCUT2D eigenvalue weighted by Gasteiger charge is -2.09. The standard InChI is InChI=1S/C19H13Cl2N3O4S3/c20-11-8-17(30-19(11)21)31(26,27)24-15(25)10-28-13-5-3-4-12-18(13)14(9-23-12)29-16-6-1-2-7-22-16/h1-9,23H,10H2,(H,24,25). The number of ether oxygens (including phenoxy) is 1. The fourth-order valence-corrected chi connectivity index (χ4v) is 6.44. The van der Waals surface area contributed by atoms with Gasteiger partial charge in [-0.15, -0.1) is 11.3 Å². The number of pyridine rings is 1. The van der Waals surface area contributed by atoms with Crippen LogP contribution in [0.2, 0.25) is 9.36 Å². The Kier molecular flexibility index (Phi) is 6.44. The lowest BCUT2D eigenvalue weighted by molar-refractivity contribution is -0.121. The highest BCUT2D eigenvalue weighted by atomic mass is 35.5. The Labute approximate surface area is 195 Å². The van der Waals surface area contributed by atoms with Crippen molar-refractivity contribution < 1.29 is 17.9 Å². The minimum atomic E-state index is -4.09. The summed E-state index contributed by atoms with van der Waals surface area (Å²) in [5.41, 5.74) is 0.812. The summed E-state index contributed by atoms with van der Waals surface area (Å²) in [5.74, 6) is -0.390. The number of amides is 1. The summed E-state index contributed by atoms with van der Waals surface area (Å²) in [6.45, 7) is -0.496. The number of hydrogen-bond donors (Lipinski definition) is 2. The first-order chi connectivity index (χ1) is 14.8. The smallest absolute Gasteiger partial charge is 0.273 e. The number of H-pyrrole nitrogens is 1. The molecule has 2 N–H and O–H groups in total. The molecule has 7 nitrogen and oxygen atoms in total. The van der Waals surface area contributed by atoms with E-state index < -0.39 is 22.5 Å². The number of carbonyl (C=O) groups excluding carboxylic acids is 1. The molecule has 0 aliphatic heterocycles. The highest BCUT2D eigenvalue weighted by Gasteiger charge is 2.22. The van der Waals surface area contributed by atoms with Crippen molar-refractivity contribution in [2.24, 2.45) is 0 Å². The minimum absolute atomic E-state index is 0.104. The van der Waals surface area contributed by atoms with Gasteiger partial charge in [0.05, 0.1) is 15.9 Å². The largest absolute Gasteiger partial charge is 0.483 e. The van der Waals surface area contributed by atoms with Crippen molar-refractivity contribution in [3.05, 3.63) is 64.2 Å². The number of rotatable bonds is 7. The Balaban J connectivity index is 1.50. The van der Waals surface area contributed by atoms with E-state index in [1.54, 1.807) is 18.3 Å². The third kappa shape index (κ3) is 4.99. The molecule has 0 spiro atoms. The molecular formula is C19H13Cl2N3O4S3. The Hall–Kier alpha value is -2.24. The number of thiophene rings is 1. The molecule has 1 amide bonds. The van der Waals surface area contributed by atoms with E-state index in [1.165, 1.54) is 17.8 Å². The van der Waals surface area contributed by atoms with Gasteiger partial charge in [0.1, 0.15) is 19.3 Å². The van der Waals surface area contributed by atoms with Gasteiger partial charge in [-0.05, 0) is 30.3 Å². The summed E-state index contributed by atoms with van der Waals surface area (Å²) in [4.78, 5) is 20.6. The summed E-state index contributed by atoms with van der Waals surface area (Å²) in [7, 11) is -4.09. The number of aromatic nitrogens is 2. The van der Waals surface area contributed by atoms with Gasteiger partial charge in [-0.2, -0.15) is 0 Å². The lowest BCUT2D eigenvalue weighted by Crippen LogP contribution is -2.34. The molecule has 0 saturated carbocycles. The third-order valence-corrected chi connectivity index (χ3v) is 8.68. The second-order valence-corrected chi connectivity index (χ2v) is 11.1. The van der Waals surface area contributed by atoms with Gasteiger partial charge in [-0.1, -0.05) is 47.1 Å². The number of fused-ring (bicyclic) bond motifs is 1. The van der Waals surface area contributed by atoms with E-state index in [0.29, 0.717) is 5.75 Å². The number of sulfonamides is 1. The minimum Gasteiger partial charge on any atom is -0.483 e. The maximum absolute atomic E-state index is 12.3. The van der Waals surface area contributed by atoms with Gasteiger partial charge in [0.25, 0.3) is 15.9 Å². The number of nitrogens with zero attached hydrogens (tertiary/aromatic N) is 1. The second kappa shape index (κ2) is 9.09. The first kappa shape index (κ1) is 22.0. The topological polar surface area (TPSA) is 101 Å². The molecule has 4 aromatic rings. The Morgan fingerprint density at radius 1 is 1.23 bits per heavy atom. The van der Waals surface area contributed by atoms with Crippen LogP contribution < -0.4 is 9.46 Å². The molecule has 3 heterocycles. The zero-order valence-corrected chi connectivity index (χ0v) is 19.4. The summed E-state index contributed by atoms with van der Waals surface area (Å²) < 4.78 is 32.3. The molecule has 31 heavy (non-hydrogen) atoms. The molecule has 0 aliphatic rings. The average Bonchev–Trinajstić information content (AvgIpc) is 3.31. The van der Waals surface area contributed by atoms with Gasteiger partial charge in [-0.3, -0.25) is 4.79 Å². The molecule has 3 aromatic heterocycles. The fourth-order valence-electron chi connectivity index (χ4n) is 2.67. The Morgan fingerprint density at radius 3 is 2.77 bits per heavy atom. The maximum atomic E-state index is 12.3. The predicted molar refractivity (Wildman–Crippen MR) is 122 cm³/mol. The zero-order chi connectivity index (χ0) is 22.0. The predicted octanol–water partition coefficient (Wildman–Crippen LogP) is 4.97. The van der Waals surface area contributed by atoms with Crippen LogP contribution in [0.25, 0.3) is 10.9 Å². The van der Waals surface area contributed by atoms with Crippen LogP contribution in [-0.4, -0.2) is 30.9 Å². The average molecular weight is 514 g/mol. The molecular weight excluding hydrogens is 501 g/mol. The molecule has 1 aromatic carbocycles. The molecule has 0 atom stereocenters. The van der Waals surface area contributed by atoms with Crippen molar-refractivity contribution in [1.82, 2.24) is 14.7 Å². The summed E-state index contributed by atoms with van der Waals surface area (Å²) in [5, 5.41) is 1.67. The van der Waals surface area contributed by atoms with E-state index in [2.05, 4.69) is 9.97 Å². The molecule has 4 rings (SSSR count). The van der Waals surface area contributed by atoms with E-state index in [1.807, 2.05) is 35.2 Å². The van der Waals surface area contributed by atoms with E-state index in [9.17, 15) is 13.2 Å². The summed E-state index contributed by atoms with van der Waals surface area (Å²) in [6.07, 6.45) is 3.53. The number of benzene rings is 1. The van der Waals surface area contributed by atoms with Crippen LogP contribution in [0.5, 0.6) is 5.75 Å². The van der Waals surface area contributed by atoms with E-state index in [0.717, 1.165) is 32.2 Å². The van der Waals surface area contributed by atoms with Gasteiger partial charge in [0.2, 0.25) is 0 Å². The van der Waals surface area contributed by atoms with Crippen LogP contribution in [0.1, 0.15) is 0 Å². The summed E-state index contributed by atoms with van der Waals surface area (Å²) in [6, 6.07) is 12.1. The molecule has 160 valence electrons. The van der Waals surface area contributed by atoms with Crippen LogP contribution in [-0.2, 0) is 14.8 Å². The van der Waals surface area contributed by atoms with Gasteiger partial charge >= 0.3 is 0 Å². The Bertz CT molecular complexity index is 1340. The van der Waals surface area contributed by atoms with Crippen LogP contribution in [0.15, 0.2) is 69.0 Å². The molecule has 0 aliphatic carbocycles. The monoisotopic (exact) mass is 513 g/mol. The highest BCUT2D eigenvalue weighted by Crippen LogP contribution is 2.38. The summed E-state index contributed by atoms with van der Waals surface area (Å²) >= 11 is 13.8.